The molecule has 2 aromatic carbocycles. The van der Waals surface area contributed by atoms with Gasteiger partial charge >= 0.3 is 0 Å². The van der Waals surface area contributed by atoms with Crippen molar-refractivity contribution in [2.45, 2.75) is 25.4 Å². The molecule has 0 amide bonds. The van der Waals surface area contributed by atoms with Gasteiger partial charge in [-0.1, -0.05) is 31.2 Å². The van der Waals surface area contributed by atoms with Gasteiger partial charge in [-0.05, 0) is 35.4 Å². The number of Topliss-reactive ketones (excluding diaryl/α,β-unsaturated/α-hetero) is 1. The van der Waals surface area contributed by atoms with E-state index in [4.69, 9.17) is 9.47 Å². The molecular weight excluding hydrogens is 302 g/mol. The zero-order chi connectivity index (χ0) is 17.1. The molecule has 3 unspecified atom stereocenters. The van der Waals surface area contributed by atoms with Crippen LogP contribution in [-0.2, 0) is 4.79 Å². The fourth-order valence-electron chi connectivity index (χ4n) is 3.29. The molecule has 1 fully saturated rings. The van der Waals surface area contributed by atoms with E-state index < -0.39 is 0 Å². The van der Waals surface area contributed by atoms with Gasteiger partial charge in [-0.25, -0.2) is 0 Å². The Kier molecular flexibility index (Phi) is 4.86. The average Bonchev–Trinajstić information content (AvgIpc) is 2.64. The highest BCUT2D eigenvalue weighted by atomic mass is 16.5. The van der Waals surface area contributed by atoms with Crippen LogP contribution in [0.15, 0.2) is 48.5 Å². The molecule has 4 nitrogen and oxygen atoms in total. The molecule has 24 heavy (non-hydrogen) atoms. The maximum Gasteiger partial charge on any atom is 0.139 e. The van der Waals surface area contributed by atoms with Gasteiger partial charge in [0, 0.05) is 24.4 Å². The predicted octanol–water partition coefficient (Wildman–Crippen LogP) is 3.68. The number of piperidine rings is 1. The molecule has 1 saturated heterocycles. The molecule has 3 rings (SSSR count). The van der Waals surface area contributed by atoms with Crippen LogP contribution in [0.3, 0.4) is 0 Å². The number of hydrogen-bond acceptors (Lipinski definition) is 4. The van der Waals surface area contributed by atoms with E-state index in [0.29, 0.717) is 6.42 Å². The first-order valence-electron chi connectivity index (χ1n) is 8.19. The Bertz CT molecular complexity index is 728. The number of benzene rings is 2. The van der Waals surface area contributed by atoms with Crippen molar-refractivity contribution in [1.29, 1.82) is 0 Å². The molecule has 0 radical (unpaired) electrons. The van der Waals surface area contributed by atoms with Gasteiger partial charge in [-0.3, -0.25) is 4.79 Å². The van der Waals surface area contributed by atoms with Gasteiger partial charge < -0.3 is 14.8 Å². The second-order valence-electron chi connectivity index (χ2n) is 6.21. The monoisotopic (exact) mass is 325 g/mol. The van der Waals surface area contributed by atoms with E-state index in [0.717, 1.165) is 22.6 Å². The van der Waals surface area contributed by atoms with E-state index in [1.54, 1.807) is 14.2 Å². The number of ether oxygens (including phenoxy) is 2. The minimum Gasteiger partial charge on any atom is -0.497 e. The summed E-state index contributed by atoms with van der Waals surface area (Å²) in [5, 5.41) is 3.64. The smallest absolute Gasteiger partial charge is 0.139 e. The average molecular weight is 325 g/mol. The Morgan fingerprint density at radius 2 is 1.54 bits per heavy atom. The fourth-order valence-corrected chi connectivity index (χ4v) is 3.29. The maximum atomic E-state index is 12.6. The molecule has 1 aliphatic rings. The van der Waals surface area contributed by atoms with Gasteiger partial charge in [0.25, 0.3) is 0 Å². The van der Waals surface area contributed by atoms with Crippen molar-refractivity contribution >= 4 is 5.78 Å². The lowest BCUT2D eigenvalue weighted by Gasteiger charge is -2.35. The van der Waals surface area contributed by atoms with E-state index in [1.807, 2.05) is 55.5 Å². The molecular formula is C20H23NO3. The Hall–Kier alpha value is -2.33. The molecule has 3 atom stereocenters. The van der Waals surface area contributed by atoms with E-state index in [9.17, 15) is 4.79 Å². The van der Waals surface area contributed by atoms with Crippen LogP contribution in [0.2, 0.25) is 0 Å². The van der Waals surface area contributed by atoms with Gasteiger partial charge in [0.15, 0.2) is 0 Å². The molecule has 0 saturated carbocycles. The highest BCUT2D eigenvalue weighted by Gasteiger charge is 2.35. The van der Waals surface area contributed by atoms with Crippen molar-refractivity contribution in [2.75, 3.05) is 14.2 Å². The minimum absolute atomic E-state index is 0.0139. The normalized spacial score (nSPS) is 23.8. The number of methoxy groups -OCH3 is 2. The van der Waals surface area contributed by atoms with Crippen LogP contribution in [0.1, 0.15) is 36.6 Å². The SMILES string of the molecule is COc1cccc(C2CC(=O)C(C)C(c3cccc(OC)c3)N2)c1. The molecule has 1 aliphatic heterocycles. The Morgan fingerprint density at radius 3 is 2.17 bits per heavy atom. The number of rotatable bonds is 4. The van der Waals surface area contributed by atoms with E-state index in [2.05, 4.69) is 5.32 Å². The van der Waals surface area contributed by atoms with Crippen molar-refractivity contribution in [3.8, 4) is 11.5 Å². The molecule has 2 aromatic rings. The van der Waals surface area contributed by atoms with Crippen molar-refractivity contribution in [1.82, 2.24) is 5.32 Å². The van der Waals surface area contributed by atoms with Crippen LogP contribution >= 0.6 is 0 Å². The van der Waals surface area contributed by atoms with Crippen LogP contribution in [0.4, 0.5) is 0 Å². The largest absolute Gasteiger partial charge is 0.497 e. The van der Waals surface area contributed by atoms with Crippen molar-refractivity contribution in [3.05, 3.63) is 59.7 Å². The molecule has 1 heterocycles. The van der Waals surface area contributed by atoms with Crippen molar-refractivity contribution in [3.63, 3.8) is 0 Å². The predicted molar refractivity (Wildman–Crippen MR) is 93.4 cm³/mol. The van der Waals surface area contributed by atoms with E-state index >= 15 is 0 Å². The lowest BCUT2D eigenvalue weighted by Crippen LogP contribution is -2.41. The number of nitrogens with one attached hydrogen (secondary N) is 1. The Morgan fingerprint density at radius 1 is 0.958 bits per heavy atom. The minimum atomic E-state index is -0.0704. The standard InChI is InChI=1S/C20H23NO3/c1-13-19(22)12-18(14-6-4-8-16(10-14)23-2)21-20(13)15-7-5-9-17(11-15)24-3/h4-11,13,18,20-21H,12H2,1-3H3. The summed E-state index contributed by atoms with van der Waals surface area (Å²) in [5.41, 5.74) is 2.14. The number of hydrogen-bond donors (Lipinski definition) is 1. The number of carbonyl (C=O) groups excluding carboxylic acids is 1. The maximum absolute atomic E-state index is 12.6. The highest BCUT2D eigenvalue weighted by molar-refractivity contribution is 5.83. The molecule has 0 bridgehead atoms. The van der Waals surface area contributed by atoms with Gasteiger partial charge in [0.05, 0.1) is 14.2 Å². The second-order valence-corrected chi connectivity index (χ2v) is 6.21. The lowest BCUT2D eigenvalue weighted by atomic mass is 9.82. The number of ketones is 1. The molecule has 0 spiro atoms. The molecule has 1 N–H and O–H groups in total. The summed E-state index contributed by atoms with van der Waals surface area (Å²) in [6, 6.07) is 15.8. The summed E-state index contributed by atoms with van der Waals surface area (Å²) >= 11 is 0. The second kappa shape index (κ2) is 7.05. The van der Waals surface area contributed by atoms with Crippen molar-refractivity contribution in [2.24, 2.45) is 5.92 Å². The first-order valence-corrected chi connectivity index (χ1v) is 8.19. The van der Waals surface area contributed by atoms with Crippen LogP contribution in [-0.4, -0.2) is 20.0 Å². The first-order chi connectivity index (χ1) is 11.6. The van der Waals surface area contributed by atoms with Gasteiger partial charge in [-0.2, -0.15) is 0 Å². The third kappa shape index (κ3) is 3.29. The van der Waals surface area contributed by atoms with Crippen LogP contribution in [0.5, 0.6) is 11.5 Å². The summed E-state index contributed by atoms with van der Waals surface area (Å²) in [6.07, 6.45) is 0.495. The Balaban J connectivity index is 1.90. The summed E-state index contributed by atoms with van der Waals surface area (Å²) < 4.78 is 10.6. The van der Waals surface area contributed by atoms with Gasteiger partial charge in [0.1, 0.15) is 17.3 Å². The third-order valence-electron chi connectivity index (χ3n) is 4.74. The molecule has 4 heteroatoms. The van der Waals surface area contributed by atoms with E-state index in [1.165, 1.54) is 0 Å². The summed E-state index contributed by atoms with van der Waals surface area (Å²) in [7, 11) is 3.31. The highest BCUT2D eigenvalue weighted by Crippen LogP contribution is 2.36. The molecule has 0 aromatic heterocycles. The lowest BCUT2D eigenvalue weighted by molar-refractivity contribution is -0.126. The van der Waals surface area contributed by atoms with Crippen molar-refractivity contribution < 1.29 is 14.3 Å². The van der Waals surface area contributed by atoms with Crippen LogP contribution in [0.25, 0.3) is 0 Å². The molecule has 0 aliphatic carbocycles. The third-order valence-corrected chi connectivity index (χ3v) is 4.74. The quantitative estimate of drug-likeness (QED) is 0.931. The van der Waals surface area contributed by atoms with Gasteiger partial charge in [0.2, 0.25) is 0 Å². The summed E-state index contributed by atoms with van der Waals surface area (Å²) in [5.74, 6) is 1.81. The number of carbonyl (C=O) groups is 1. The summed E-state index contributed by atoms with van der Waals surface area (Å²) in [4.78, 5) is 12.6. The van der Waals surface area contributed by atoms with Gasteiger partial charge in [-0.15, -0.1) is 0 Å². The zero-order valence-corrected chi connectivity index (χ0v) is 14.3. The van der Waals surface area contributed by atoms with E-state index in [-0.39, 0.29) is 23.8 Å². The first kappa shape index (κ1) is 16.5. The zero-order valence-electron chi connectivity index (χ0n) is 14.3. The topological polar surface area (TPSA) is 47.6 Å². The van der Waals surface area contributed by atoms with Crippen LogP contribution < -0.4 is 14.8 Å². The Labute approximate surface area is 142 Å². The molecule has 126 valence electrons. The summed E-state index contributed by atoms with van der Waals surface area (Å²) in [6.45, 7) is 1.99. The fraction of sp³-hybridized carbons (Fsp3) is 0.350. The van der Waals surface area contributed by atoms with Crippen LogP contribution in [0, 0.1) is 5.92 Å².